The number of hydrogen-bond acceptors (Lipinski definition) is 6. The number of halogens is 1. The lowest BCUT2D eigenvalue weighted by atomic mass is 10.2. The van der Waals surface area contributed by atoms with Gasteiger partial charge in [0.15, 0.2) is 0 Å². The third-order valence-electron chi connectivity index (χ3n) is 5.03. The van der Waals surface area contributed by atoms with Gasteiger partial charge >= 0.3 is 0 Å². The van der Waals surface area contributed by atoms with Crippen molar-refractivity contribution in [2.24, 2.45) is 0 Å². The van der Waals surface area contributed by atoms with Gasteiger partial charge < -0.3 is 14.7 Å². The smallest absolute Gasteiger partial charge is 0.232 e. The minimum absolute atomic E-state index is 0.220. The fourth-order valence-electron chi connectivity index (χ4n) is 3.61. The summed E-state index contributed by atoms with van der Waals surface area (Å²) in [6, 6.07) is 6.67. The number of aromatic nitrogens is 3. The highest BCUT2D eigenvalue weighted by molar-refractivity contribution is 5.47. The van der Waals surface area contributed by atoms with Gasteiger partial charge in [-0.1, -0.05) is 12.1 Å². The van der Waals surface area contributed by atoms with E-state index in [9.17, 15) is 4.39 Å². The molecule has 138 valence electrons. The van der Waals surface area contributed by atoms with E-state index in [1.807, 2.05) is 18.0 Å². The van der Waals surface area contributed by atoms with E-state index in [0.29, 0.717) is 12.5 Å². The Morgan fingerprint density at radius 3 is 2.04 bits per heavy atom. The molecule has 0 unspecified atom stereocenters. The van der Waals surface area contributed by atoms with Crippen molar-refractivity contribution >= 4 is 17.8 Å². The fourth-order valence-corrected chi connectivity index (χ4v) is 3.61. The Morgan fingerprint density at radius 1 is 0.923 bits per heavy atom. The number of hydrogen-bond donors (Lipinski definition) is 0. The predicted octanol–water partition coefficient (Wildman–Crippen LogP) is 2.85. The van der Waals surface area contributed by atoms with Crippen LogP contribution in [0, 0.1) is 5.82 Å². The minimum Gasteiger partial charge on any atom is -0.341 e. The monoisotopic (exact) mass is 356 g/mol. The topological polar surface area (TPSA) is 48.4 Å². The summed E-state index contributed by atoms with van der Waals surface area (Å²) in [5, 5.41) is 0. The lowest BCUT2D eigenvalue weighted by Gasteiger charge is -2.24. The van der Waals surface area contributed by atoms with Crippen molar-refractivity contribution in [1.29, 1.82) is 0 Å². The van der Waals surface area contributed by atoms with E-state index >= 15 is 0 Å². The van der Waals surface area contributed by atoms with Crippen molar-refractivity contribution in [3.05, 3.63) is 35.6 Å². The third-order valence-corrected chi connectivity index (χ3v) is 5.03. The Kier molecular flexibility index (Phi) is 4.86. The summed E-state index contributed by atoms with van der Waals surface area (Å²) in [5.41, 5.74) is 0.901. The second-order valence-electron chi connectivity index (χ2n) is 7.11. The molecule has 1 aromatic heterocycles. The first-order valence-corrected chi connectivity index (χ1v) is 9.40. The van der Waals surface area contributed by atoms with Crippen LogP contribution in [0.1, 0.15) is 31.2 Å². The Hall–Kier alpha value is -2.44. The van der Waals surface area contributed by atoms with Gasteiger partial charge in [0, 0.05) is 39.8 Å². The Balaban J connectivity index is 1.62. The molecule has 0 saturated carbocycles. The zero-order valence-corrected chi connectivity index (χ0v) is 15.2. The molecular formula is C19H25FN6. The van der Waals surface area contributed by atoms with Gasteiger partial charge in [-0.05, 0) is 43.4 Å². The van der Waals surface area contributed by atoms with Crippen molar-refractivity contribution in [3.8, 4) is 0 Å². The van der Waals surface area contributed by atoms with Gasteiger partial charge in [-0.3, -0.25) is 0 Å². The molecule has 2 aliphatic heterocycles. The number of anilines is 3. The van der Waals surface area contributed by atoms with E-state index in [-0.39, 0.29) is 5.82 Å². The average molecular weight is 356 g/mol. The van der Waals surface area contributed by atoms with Crippen LogP contribution < -0.4 is 14.7 Å². The van der Waals surface area contributed by atoms with Crippen LogP contribution in [0.15, 0.2) is 24.3 Å². The van der Waals surface area contributed by atoms with Gasteiger partial charge in [-0.2, -0.15) is 15.0 Å². The molecule has 7 heteroatoms. The van der Waals surface area contributed by atoms with Crippen LogP contribution in [0.3, 0.4) is 0 Å². The normalized spacial score (nSPS) is 17.2. The first-order valence-electron chi connectivity index (χ1n) is 9.40. The van der Waals surface area contributed by atoms with Crippen LogP contribution in [-0.2, 0) is 6.54 Å². The molecule has 6 nitrogen and oxygen atoms in total. The molecule has 0 N–H and O–H groups in total. The van der Waals surface area contributed by atoms with Gasteiger partial charge in [0.25, 0.3) is 0 Å². The summed E-state index contributed by atoms with van der Waals surface area (Å²) in [5.74, 6) is 1.95. The van der Waals surface area contributed by atoms with E-state index in [0.717, 1.165) is 43.6 Å². The molecule has 0 radical (unpaired) electrons. The van der Waals surface area contributed by atoms with Crippen molar-refractivity contribution in [3.63, 3.8) is 0 Å². The molecule has 2 aliphatic rings. The fraction of sp³-hybridized carbons (Fsp3) is 0.526. The van der Waals surface area contributed by atoms with E-state index in [4.69, 9.17) is 15.0 Å². The molecule has 0 bridgehead atoms. The zero-order chi connectivity index (χ0) is 17.9. The van der Waals surface area contributed by atoms with Crippen LogP contribution in [0.25, 0.3) is 0 Å². The van der Waals surface area contributed by atoms with Gasteiger partial charge in [-0.25, -0.2) is 4.39 Å². The second kappa shape index (κ2) is 7.43. The molecular weight excluding hydrogens is 331 g/mol. The van der Waals surface area contributed by atoms with Crippen LogP contribution in [0.2, 0.25) is 0 Å². The summed E-state index contributed by atoms with van der Waals surface area (Å²) in [4.78, 5) is 20.6. The predicted molar refractivity (Wildman–Crippen MR) is 101 cm³/mol. The van der Waals surface area contributed by atoms with E-state index < -0.39 is 0 Å². The van der Waals surface area contributed by atoms with E-state index in [1.54, 1.807) is 12.1 Å². The molecule has 2 fully saturated rings. The SMILES string of the molecule is CN(Cc1cccc(F)c1)c1nc(N2CCCC2)nc(N2CCCC2)n1. The largest absolute Gasteiger partial charge is 0.341 e. The van der Waals surface area contributed by atoms with Crippen molar-refractivity contribution in [2.45, 2.75) is 32.2 Å². The molecule has 2 aromatic rings. The summed E-state index contributed by atoms with van der Waals surface area (Å²) in [7, 11) is 1.95. The van der Waals surface area contributed by atoms with Crippen LogP contribution in [0.4, 0.5) is 22.2 Å². The molecule has 26 heavy (non-hydrogen) atoms. The zero-order valence-electron chi connectivity index (χ0n) is 15.2. The van der Waals surface area contributed by atoms with Crippen molar-refractivity contribution < 1.29 is 4.39 Å². The third kappa shape index (κ3) is 3.71. The maximum atomic E-state index is 13.5. The Morgan fingerprint density at radius 2 is 1.50 bits per heavy atom. The Labute approximate surface area is 153 Å². The highest BCUT2D eigenvalue weighted by atomic mass is 19.1. The number of rotatable bonds is 5. The van der Waals surface area contributed by atoms with Crippen LogP contribution in [-0.4, -0.2) is 48.2 Å². The van der Waals surface area contributed by atoms with Gasteiger partial charge in [-0.15, -0.1) is 0 Å². The van der Waals surface area contributed by atoms with Crippen LogP contribution in [0.5, 0.6) is 0 Å². The van der Waals surface area contributed by atoms with Gasteiger partial charge in [0.2, 0.25) is 17.8 Å². The maximum Gasteiger partial charge on any atom is 0.232 e. The summed E-state index contributed by atoms with van der Waals surface area (Å²) < 4.78 is 13.5. The van der Waals surface area contributed by atoms with Crippen molar-refractivity contribution in [2.75, 3.05) is 47.9 Å². The minimum atomic E-state index is -0.220. The highest BCUT2D eigenvalue weighted by Gasteiger charge is 2.22. The quantitative estimate of drug-likeness (QED) is 0.821. The lowest BCUT2D eigenvalue weighted by molar-refractivity contribution is 0.625. The summed E-state index contributed by atoms with van der Waals surface area (Å²) >= 11 is 0. The Bertz CT molecular complexity index is 721. The summed E-state index contributed by atoms with van der Waals surface area (Å²) in [6.45, 7) is 4.54. The van der Waals surface area contributed by atoms with Gasteiger partial charge in [0.1, 0.15) is 5.82 Å². The van der Waals surface area contributed by atoms with Crippen molar-refractivity contribution in [1.82, 2.24) is 15.0 Å². The highest BCUT2D eigenvalue weighted by Crippen LogP contribution is 2.24. The molecule has 0 spiro atoms. The summed E-state index contributed by atoms with van der Waals surface area (Å²) in [6.07, 6.45) is 4.72. The van der Waals surface area contributed by atoms with E-state index in [2.05, 4.69) is 9.80 Å². The molecule has 4 rings (SSSR count). The average Bonchev–Trinajstić information content (AvgIpc) is 3.35. The lowest BCUT2D eigenvalue weighted by Crippen LogP contribution is -2.28. The molecule has 0 aliphatic carbocycles. The number of benzene rings is 1. The van der Waals surface area contributed by atoms with Gasteiger partial charge in [0.05, 0.1) is 0 Å². The molecule has 0 amide bonds. The first-order chi connectivity index (χ1) is 12.7. The molecule has 2 saturated heterocycles. The maximum absolute atomic E-state index is 13.5. The molecule has 3 heterocycles. The number of nitrogens with zero attached hydrogens (tertiary/aromatic N) is 6. The van der Waals surface area contributed by atoms with Crippen LogP contribution >= 0.6 is 0 Å². The molecule has 0 atom stereocenters. The second-order valence-corrected chi connectivity index (χ2v) is 7.11. The first kappa shape index (κ1) is 17.0. The molecule has 1 aromatic carbocycles. The van der Waals surface area contributed by atoms with E-state index in [1.165, 1.54) is 31.7 Å². The standard InChI is InChI=1S/C19H25FN6/c1-24(14-15-7-6-8-16(20)13-15)17-21-18(25-9-2-3-10-25)23-19(22-17)26-11-4-5-12-26/h6-8,13H,2-5,9-12,14H2,1H3.